The van der Waals surface area contributed by atoms with Crippen LogP contribution in [0.3, 0.4) is 0 Å². The van der Waals surface area contributed by atoms with Crippen LogP contribution in [0.5, 0.6) is 0 Å². The smallest absolute Gasteiger partial charge is 0.222 e. The van der Waals surface area contributed by atoms with Crippen LogP contribution in [0.15, 0.2) is 0 Å². The fourth-order valence-electron chi connectivity index (χ4n) is 1.82. The summed E-state index contributed by atoms with van der Waals surface area (Å²) >= 11 is 0. The van der Waals surface area contributed by atoms with Gasteiger partial charge in [-0.1, -0.05) is 13.3 Å². The normalized spacial score (nSPS) is 14.6. The predicted molar refractivity (Wildman–Crippen MR) is 77.5 cm³/mol. The van der Waals surface area contributed by atoms with Gasteiger partial charge in [0.15, 0.2) is 0 Å². The van der Waals surface area contributed by atoms with E-state index in [4.69, 9.17) is 5.73 Å². The predicted octanol–water partition coefficient (Wildman–Crippen LogP) is 1.60. The maximum Gasteiger partial charge on any atom is 0.222 e. The molecule has 0 aromatic rings. The van der Waals surface area contributed by atoms with Crippen LogP contribution < -0.4 is 11.1 Å². The Morgan fingerprint density at radius 1 is 1.17 bits per heavy atom. The molecule has 0 aromatic heterocycles. The van der Waals surface area contributed by atoms with Gasteiger partial charge in [-0.25, -0.2) is 0 Å². The zero-order chi connectivity index (χ0) is 14.0. The van der Waals surface area contributed by atoms with E-state index in [2.05, 4.69) is 24.3 Å². The zero-order valence-corrected chi connectivity index (χ0v) is 12.5. The van der Waals surface area contributed by atoms with Gasteiger partial charge in [-0.15, -0.1) is 0 Å². The second-order valence-corrected chi connectivity index (χ2v) is 5.61. The molecule has 0 saturated carbocycles. The molecule has 0 fully saturated rings. The Hall–Kier alpha value is -0.610. The molecule has 0 spiro atoms. The molecule has 2 unspecified atom stereocenters. The number of hydrogen-bond acceptors (Lipinski definition) is 3. The molecule has 0 bridgehead atoms. The molecule has 0 aliphatic carbocycles. The summed E-state index contributed by atoms with van der Waals surface area (Å²) in [5.74, 6) is 0.294. The fourth-order valence-corrected chi connectivity index (χ4v) is 1.82. The summed E-state index contributed by atoms with van der Waals surface area (Å²) in [5.41, 5.74) is 5.69. The minimum absolute atomic E-state index is 0.109. The summed E-state index contributed by atoms with van der Waals surface area (Å²) in [5, 5.41) is 3.01. The van der Waals surface area contributed by atoms with Crippen LogP contribution in [-0.4, -0.2) is 44.0 Å². The maximum atomic E-state index is 11.8. The summed E-state index contributed by atoms with van der Waals surface area (Å²) in [7, 11) is 4.14. The van der Waals surface area contributed by atoms with Crippen LogP contribution in [0.25, 0.3) is 0 Å². The highest BCUT2D eigenvalue weighted by Crippen LogP contribution is 2.09. The first-order valence-electron chi connectivity index (χ1n) is 7.11. The fraction of sp³-hybridized carbons (Fsp3) is 0.929. The summed E-state index contributed by atoms with van der Waals surface area (Å²) in [6.07, 6.45) is 5.15. The highest BCUT2D eigenvalue weighted by molar-refractivity contribution is 5.78. The largest absolute Gasteiger partial charge is 0.356 e. The molecule has 0 rings (SSSR count). The van der Waals surface area contributed by atoms with Crippen molar-refractivity contribution >= 4 is 5.91 Å². The second kappa shape index (κ2) is 10.3. The number of hydrogen-bond donors (Lipinski definition) is 2. The molecule has 0 aliphatic heterocycles. The van der Waals surface area contributed by atoms with Gasteiger partial charge in [0, 0.05) is 18.5 Å². The molecule has 18 heavy (non-hydrogen) atoms. The van der Waals surface area contributed by atoms with Gasteiger partial charge < -0.3 is 16.0 Å². The van der Waals surface area contributed by atoms with Crippen molar-refractivity contribution in [2.45, 2.75) is 52.0 Å². The van der Waals surface area contributed by atoms with E-state index in [9.17, 15) is 4.79 Å². The number of nitrogens with zero attached hydrogens (tertiary/aromatic N) is 1. The Bertz CT molecular complexity index is 217. The molecule has 1 amide bonds. The van der Waals surface area contributed by atoms with Crippen LogP contribution in [0.4, 0.5) is 0 Å². The molecule has 4 heteroatoms. The van der Waals surface area contributed by atoms with Crippen molar-refractivity contribution in [3.63, 3.8) is 0 Å². The molecule has 0 heterocycles. The highest BCUT2D eigenvalue weighted by atomic mass is 16.1. The van der Waals surface area contributed by atoms with Crippen molar-refractivity contribution in [2.75, 3.05) is 27.2 Å². The van der Waals surface area contributed by atoms with Crippen molar-refractivity contribution < 1.29 is 4.79 Å². The first-order valence-corrected chi connectivity index (χ1v) is 7.11. The highest BCUT2D eigenvalue weighted by Gasteiger charge is 2.11. The maximum absolute atomic E-state index is 11.8. The van der Waals surface area contributed by atoms with Crippen LogP contribution in [0.2, 0.25) is 0 Å². The van der Waals surface area contributed by atoms with Gasteiger partial charge >= 0.3 is 0 Å². The minimum atomic E-state index is 0.109. The molecule has 0 saturated heterocycles. The average molecular weight is 257 g/mol. The monoisotopic (exact) mass is 257 g/mol. The van der Waals surface area contributed by atoms with E-state index in [1.54, 1.807) is 0 Å². The van der Waals surface area contributed by atoms with Gasteiger partial charge in [-0.3, -0.25) is 4.79 Å². The van der Waals surface area contributed by atoms with Gasteiger partial charge in [0.05, 0.1) is 0 Å². The molecule has 2 atom stereocenters. The summed E-state index contributed by atoms with van der Waals surface area (Å²) in [6, 6.07) is 0.242. The molecule has 4 nitrogen and oxygen atoms in total. The van der Waals surface area contributed by atoms with Gasteiger partial charge in [0.2, 0.25) is 5.91 Å². The van der Waals surface area contributed by atoms with E-state index >= 15 is 0 Å². The van der Waals surface area contributed by atoms with Crippen LogP contribution in [-0.2, 0) is 4.79 Å². The third-order valence-corrected chi connectivity index (χ3v) is 3.08. The van der Waals surface area contributed by atoms with E-state index in [-0.39, 0.29) is 17.9 Å². The zero-order valence-electron chi connectivity index (χ0n) is 12.5. The number of unbranched alkanes of at least 4 members (excludes halogenated alkanes) is 1. The summed E-state index contributed by atoms with van der Waals surface area (Å²) in [4.78, 5) is 13.9. The van der Waals surface area contributed by atoms with Crippen molar-refractivity contribution in [2.24, 2.45) is 11.7 Å². The second-order valence-electron chi connectivity index (χ2n) is 5.61. The lowest BCUT2D eigenvalue weighted by Crippen LogP contribution is -2.30. The third kappa shape index (κ3) is 10.5. The minimum Gasteiger partial charge on any atom is -0.356 e. The number of carbonyl (C=O) groups excluding carboxylic acids is 1. The first-order chi connectivity index (χ1) is 8.43. The standard InChI is InChI=1S/C14H31N3O/c1-12(8-7-9-13(2)15)14(18)16-10-5-6-11-17(3)4/h12-13H,5-11,15H2,1-4H3,(H,16,18). The molecule has 0 aromatic carbocycles. The Balaban J connectivity index is 3.50. The van der Waals surface area contributed by atoms with E-state index < -0.39 is 0 Å². The van der Waals surface area contributed by atoms with Gasteiger partial charge in [-0.2, -0.15) is 0 Å². The quantitative estimate of drug-likeness (QED) is 0.584. The van der Waals surface area contributed by atoms with Gasteiger partial charge in [-0.05, 0) is 53.2 Å². The Kier molecular flexibility index (Phi) is 9.98. The van der Waals surface area contributed by atoms with Crippen LogP contribution in [0.1, 0.15) is 46.0 Å². The molecule has 3 N–H and O–H groups in total. The Morgan fingerprint density at radius 2 is 1.83 bits per heavy atom. The van der Waals surface area contributed by atoms with E-state index in [1.165, 1.54) is 0 Å². The number of nitrogens with two attached hydrogens (primary N) is 1. The summed E-state index contributed by atoms with van der Waals surface area (Å²) in [6.45, 7) is 5.88. The Morgan fingerprint density at radius 3 is 2.39 bits per heavy atom. The lowest BCUT2D eigenvalue weighted by atomic mass is 10.0. The molecular formula is C14H31N3O. The number of amides is 1. The van der Waals surface area contributed by atoms with Crippen molar-refractivity contribution in [1.82, 2.24) is 10.2 Å². The van der Waals surface area contributed by atoms with E-state index in [0.29, 0.717) is 0 Å². The third-order valence-electron chi connectivity index (χ3n) is 3.08. The Labute approximate surface area is 112 Å². The molecule has 0 radical (unpaired) electrons. The van der Waals surface area contributed by atoms with Gasteiger partial charge in [0.1, 0.15) is 0 Å². The number of nitrogens with one attached hydrogen (secondary N) is 1. The number of carbonyl (C=O) groups is 1. The first kappa shape index (κ1) is 17.4. The van der Waals surface area contributed by atoms with Crippen molar-refractivity contribution in [3.05, 3.63) is 0 Å². The van der Waals surface area contributed by atoms with Crippen LogP contribution >= 0.6 is 0 Å². The van der Waals surface area contributed by atoms with Crippen LogP contribution in [0, 0.1) is 5.92 Å². The average Bonchev–Trinajstić information content (AvgIpc) is 2.27. The lowest BCUT2D eigenvalue weighted by molar-refractivity contribution is -0.124. The SMILES string of the molecule is CC(N)CCCC(C)C(=O)NCCCCN(C)C. The molecule has 0 aliphatic rings. The van der Waals surface area contributed by atoms with E-state index in [1.807, 2.05) is 13.8 Å². The summed E-state index contributed by atoms with van der Waals surface area (Å²) < 4.78 is 0. The van der Waals surface area contributed by atoms with E-state index in [0.717, 1.165) is 45.2 Å². The lowest BCUT2D eigenvalue weighted by Gasteiger charge is -2.13. The molecular weight excluding hydrogens is 226 g/mol. The molecule has 108 valence electrons. The van der Waals surface area contributed by atoms with Crippen molar-refractivity contribution in [3.8, 4) is 0 Å². The van der Waals surface area contributed by atoms with Gasteiger partial charge in [0.25, 0.3) is 0 Å². The van der Waals surface area contributed by atoms with Crippen molar-refractivity contribution in [1.29, 1.82) is 0 Å². The topological polar surface area (TPSA) is 58.4 Å². The number of rotatable bonds is 10.